The number of nitro groups is 1. The molecule has 0 spiro atoms. The highest BCUT2D eigenvalue weighted by Crippen LogP contribution is 2.29. The maximum absolute atomic E-state index is 11.1. The van der Waals surface area contributed by atoms with E-state index in [-0.39, 0.29) is 16.7 Å². The van der Waals surface area contributed by atoms with Crippen molar-refractivity contribution in [2.24, 2.45) is 0 Å². The molecule has 2 aromatic rings. The molecule has 2 rings (SSSR count). The molecule has 0 aromatic heterocycles. The van der Waals surface area contributed by atoms with Gasteiger partial charge in [0, 0.05) is 12.1 Å². The molecule has 110 valence electrons. The summed E-state index contributed by atoms with van der Waals surface area (Å²) in [5, 5.41) is 14.4. The molecule has 1 atom stereocenters. The Bertz CT molecular complexity index is 660. The van der Waals surface area contributed by atoms with E-state index in [2.05, 4.69) is 37.4 Å². The summed E-state index contributed by atoms with van der Waals surface area (Å²) in [6.07, 6.45) is 0. The van der Waals surface area contributed by atoms with Crippen molar-refractivity contribution < 1.29 is 4.92 Å². The predicted molar refractivity (Wildman–Crippen MR) is 85.8 cm³/mol. The van der Waals surface area contributed by atoms with Crippen LogP contribution >= 0.6 is 0 Å². The van der Waals surface area contributed by atoms with Crippen molar-refractivity contribution in [1.82, 2.24) is 0 Å². The van der Waals surface area contributed by atoms with Crippen LogP contribution in [0, 0.1) is 30.9 Å². The second-order valence-electron chi connectivity index (χ2n) is 5.56. The molecule has 0 heterocycles. The van der Waals surface area contributed by atoms with Gasteiger partial charge in [0.25, 0.3) is 5.69 Å². The van der Waals surface area contributed by atoms with Crippen molar-refractivity contribution in [3.05, 3.63) is 68.8 Å². The molecule has 1 unspecified atom stereocenters. The van der Waals surface area contributed by atoms with Gasteiger partial charge in [-0.15, -0.1) is 0 Å². The van der Waals surface area contributed by atoms with Crippen LogP contribution in [0.1, 0.15) is 35.2 Å². The van der Waals surface area contributed by atoms with E-state index in [1.807, 2.05) is 19.9 Å². The first-order chi connectivity index (χ1) is 9.86. The Morgan fingerprint density at radius 2 is 1.62 bits per heavy atom. The van der Waals surface area contributed by atoms with Crippen molar-refractivity contribution >= 4 is 11.4 Å². The lowest BCUT2D eigenvalue weighted by molar-refractivity contribution is -0.384. The maximum atomic E-state index is 11.1. The van der Waals surface area contributed by atoms with E-state index >= 15 is 0 Å². The Hall–Kier alpha value is -2.36. The Labute approximate surface area is 125 Å². The van der Waals surface area contributed by atoms with E-state index in [9.17, 15) is 10.1 Å². The minimum atomic E-state index is -0.351. The highest BCUT2D eigenvalue weighted by Gasteiger charge is 2.16. The zero-order valence-electron chi connectivity index (χ0n) is 12.8. The average Bonchev–Trinajstić information content (AvgIpc) is 2.37. The summed E-state index contributed by atoms with van der Waals surface area (Å²) in [5.41, 5.74) is 5.18. The number of anilines is 1. The van der Waals surface area contributed by atoms with Gasteiger partial charge in [0.2, 0.25) is 0 Å². The monoisotopic (exact) mass is 284 g/mol. The van der Waals surface area contributed by atoms with Gasteiger partial charge in [0.1, 0.15) is 5.69 Å². The molecule has 0 bridgehead atoms. The quantitative estimate of drug-likeness (QED) is 0.654. The van der Waals surface area contributed by atoms with Gasteiger partial charge in [-0.05, 0) is 44.9 Å². The number of hydrogen-bond acceptors (Lipinski definition) is 3. The number of nitrogens with one attached hydrogen (secondary N) is 1. The number of nitro benzene ring substituents is 1. The summed E-state index contributed by atoms with van der Waals surface area (Å²) in [4.78, 5) is 10.8. The van der Waals surface area contributed by atoms with E-state index in [0.29, 0.717) is 5.69 Å². The molecular formula is C17H20N2O2. The SMILES string of the molecule is Cc1cc(C)cc(C(C)Nc2cc(C)ccc2[N+](=O)[O-])c1. The van der Waals surface area contributed by atoms with Crippen LogP contribution in [-0.2, 0) is 0 Å². The molecule has 0 aliphatic rings. The minimum absolute atomic E-state index is 0.00380. The number of hydrogen-bond donors (Lipinski definition) is 1. The van der Waals surface area contributed by atoms with Crippen LogP contribution in [0.4, 0.5) is 11.4 Å². The lowest BCUT2D eigenvalue weighted by atomic mass is 10.0. The molecule has 0 aliphatic carbocycles. The average molecular weight is 284 g/mol. The van der Waals surface area contributed by atoms with Crippen LogP contribution in [0.25, 0.3) is 0 Å². The minimum Gasteiger partial charge on any atom is -0.373 e. The zero-order chi connectivity index (χ0) is 15.6. The molecule has 0 fully saturated rings. The molecule has 21 heavy (non-hydrogen) atoms. The number of benzene rings is 2. The topological polar surface area (TPSA) is 55.2 Å². The first kappa shape index (κ1) is 15.0. The van der Waals surface area contributed by atoms with Crippen molar-refractivity contribution in [3.63, 3.8) is 0 Å². The van der Waals surface area contributed by atoms with Crippen LogP contribution < -0.4 is 5.32 Å². The Morgan fingerprint density at radius 3 is 2.19 bits per heavy atom. The normalized spacial score (nSPS) is 12.0. The van der Waals surface area contributed by atoms with Crippen LogP contribution in [-0.4, -0.2) is 4.92 Å². The van der Waals surface area contributed by atoms with Crippen molar-refractivity contribution in [2.45, 2.75) is 33.7 Å². The summed E-state index contributed by atoms with van der Waals surface area (Å²) in [7, 11) is 0. The first-order valence-electron chi connectivity index (χ1n) is 6.96. The Morgan fingerprint density at radius 1 is 1.00 bits per heavy atom. The molecule has 0 radical (unpaired) electrons. The molecule has 4 nitrogen and oxygen atoms in total. The zero-order valence-corrected chi connectivity index (χ0v) is 12.8. The number of aryl methyl sites for hydroxylation is 3. The van der Waals surface area contributed by atoms with E-state index in [4.69, 9.17) is 0 Å². The van der Waals surface area contributed by atoms with Gasteiger partial charge >= 0.3 is 0 Å². The second-order valence-corrected chi connectivity index (χ2v) is 5.56. The van der Waals surface area contributed by atoms with Crippen molar-refractivity contribution in [3.8, 4) is 0 Å². The highest BCUT2D eigenvalue weighted by molar-refractivity contribution is 5.63. The summed E-state index contributed by atoms with van der Waals surface area (Å²) in [6, 6.07) is 11.4. The molecule has 0 aliphatic heterocycles. The van der Waals surface area contributed by atoms with E-state index in [0.717, 1.165) is 11.1 Å². The molecule has 0 amide bonds. The molecule has 0 saturated heterocycles. The van der Waals surface area contributed by atoms with Gasteiger partial charge in [-0.2, -0.15) is 0 Å². The lowest BCUT2D eigenvalue weighted by Crippen LogP contribution is -2.09. The third kappa shape index (κ3) is 3.60. The van der Waals surface area contributed by atoms with E-state index in [1.54, 1.807) is 12.1 Å². The predicted octanol–water partition coefficient (Wildman–Crippen LogP) is 4.69. The smallest absolute Gasteiger partial charge is 0.292 e. The molecular weight excluding hydrogens is 264 g/mol. The van der Waals surface area contributed by atoms with Gasteiger partial charge in [0.15, 0.2) is 0 Å². The number of nitrogens with zero attached hydrogens (tertiary/aromatic N) is 1. The number of rotatable bonds is 4. The highest BCUT2D eigenvalue weighted by atomic mass is 16.6. The standard InChI is InChI=1S/C17H20N2O2/c1-11-5-6-17(19(20)21)16(10-11)18-14(4)15-8-12(2)7-13(3)9-15/h5-10,14,18H,1-4H3. The van der Waals surface area contributed by atoms with Gasteiger partial charge < -0.3 is 5.32 Å². The lowest BCUT2D eigenvalue weighted by Gasteiger charge is -2.17. The van der Waals surface area contributed by atoms with Crippen molar-refractivity contribution in [2.75, 3.05) is 5.32 Å². The van der Waals surface area contributed by atoms with Gasteiger partial charge in [-0.1, -0.05) is 35.4 Å². The molecule has 0 saturated carbocycles. The first-order valence-corrected chi connectivity index (χ1v) is 6.96. The van der Waals surface area contributed by atoms with E-state index in [1.165, 1.54) is 11.1 Å². The summed E-state index contributed by atoms with van der Waals surface area (Å²) in [6.45, 7) is 8.05. The summed E-state index contributed by atoms with van der Waals surface area (Å²) in [5.74, 6) is 0. The van der Waals surface area contributed by atoms with Gasteiger partial charge in [-0.25, -0.2) is 0 Å². The fourth-order valence-corrected chi connectivity index (χ4v) is 2.50. The summed E-state index contributed by atoms with van der Waals surface area (Å²) < 4.78 is 0. The van der Waals surface area contributed by atoms with Crippen LogP contribution in [0.3, 0.4) is 0 Å². The van der Waals surface area contributed by atoms with Crippen LogP contribution in [0.15, 0.2) is 36.4 Å². The van der Waals surface area contributed by atoms with E-state index < -0.39 is 0 Å². The molecule has 2 aromatic carbocycles. The van der Waals surface area contributed by atoms with Gasteiger partial charge in [0.05, 0.1) is 4.92 Å². The maximum Gasteiger partial charge on any atom is 0.292 e. The Balaban J connectivity index is 2.32. The molecule has 1 N–H and O–H groups in total. The third-order valence-corrected chi connectivity index (χ3v) is 3.46. The largest absolute Gasteiger partial charge is 0.373 e. The third-order valence-electron chi connectivity index (χ3n) is 3.46. The van der Waals surface area contributed by atoms with Crippen LogP contribution in [0.5, 0.6) is 0 Å². The fourth-order valence-electron chi connectivity index (χ4n) is 2.50. The van der Waals surface area contributed by atoms with Gasteiger partial charge in [-0.3, -0.25) is 10.1 Å². The Kier molecular flexibility index (Phi) is 4.26. The summed E-state index contributed by atoms with van der Waals surface area (Å²) >= 11 is 0. The second kappa shape index (κ2) is 5.95. The van der Waals surface area contributed by atoms with Crippen molar-refractivity contribution in [1.29, 1.82) is 0 Å². The fraction of sp³-hybridized carbons (Fsp3) is 0.294. The molecule has 4 heteroatoms. The van der Waals surface area contributed by atoms with Crippen LogP contribution in [0.2, 0.25) is 0 Å².